The van der Waals surface area contributed by atoms with Crippen molar-refractivity contribution in [1.29, 1.82) is 0 Å². The van der Waals surface area contributed by atoms with E-state index in [9.17, 15) is 13.2 Å². The molecule has 0 saturated heterocycles. The Hall–Kier alpha value is -3.02. The average molecular weight is 457 g/mol. The van der Waals surface area contributed by atoms with E-state index in [2.05, 4.69) is 9.98 Å². The van der Waals surface area contributed by atoms with Crippen LogP contribution < -0.4 is 0 Å². The molecule has 0 bridgehead atoms. The number of hydrogen-bond acceptors (Lipinski definition) is 1. The highest BCUT2D eigenvalue weighted by Crippen LogP contribution is 2.42. The summed E-state index contributed by atoms with van der Waals surface area (Å²) in [6, 6.07) is 16.0. The van der Waals surface area contributed by atoms with Gasteiger partial charge < -0.3 is 4.98 Å². The first-order valence-corrected chi connectivity index (χ1v) is 10.1. The monoisotopic (exact) mass is 456 g/mol. The van der Waals surface area contributed by atoms with Gasteiger partial charge in [0.05, 0.1) is 11.3 Å². The molecule has 2 heterocycles. The molecule has 1 N–H and O–H groups in total. The summed E-state index contributed by atoms with van der Waals surface area (Å²) in [6.07, 6.45) is -0.857. The summed E-state index contributed by atoms with van der Waals surface area (Å²) in [6.45, 7) is 0. The van der Waals surface area contributed by atoms with Crippen LogP contribution in [0.2, 0.25) is 10.0 Å². The number of nitrogens with zero attached hydrogens (tertiary/aromatic N) is 1. The van der Waals surface area contributed by atoms with Gasteiger partial charge >= 0.3 is 6.18 Å². The molecule has 1 aromatic heterocycles. The molecule has 0 amide bonds. The van der Waals surface area contributed by atoms with Crippen molar-refractivity contribution in [3.8, 4) is 0 Å². The maximum absolute atomic E-state index is 13.1. The largest absolute Gasteiger partial charge is 0.416 e. The van der Waals surface area contributed by atoms with Gasteiger partial charge in [-0.2, -0.15) is 13.2 Å². The van der Waals surface area contributed by atoms with Gasteiger partial charge in [0.1, 0.15) is 0 Å². The summed E-state index contributed by atoms with van der Waals surface area (Å²) < 4.78 is 39.4. The Morgan fingerprint density at radius 2 is 1.58 bits per heavy atom. The third-order valence-corrected chi connectivity index (χ3v) is 5.74. The Morgan fingerprint density at radius 1 is 0.871 bits per heavy atom. The quantitative estimate of drug-likeness (QED) is 0.315. The predicted octanol–water partition coefficient (Wildman–Crippen LogP) is 8.17. The number of aromatic nitrogens is 1. The Kier molecular flexibility index (Phi) is 4.68. The molecule has 0 atom stereocenters. The van der Waals surface area contributed by atoms with Crippen LogP contribution in [0.3, 0.4) is 0 Å². The van der Waals surface area contributed by atoms with Crippen molar-refractivity contribution in [3.63, 3.8) is 0 Å². The first kappa shape index (κ1) is 19.9. The molecule has 31 heavy (non-hydrogen) atoms. The smallest absolute Gasteiger partial charge is 0.361 e. The maximum Gasteiger partial charge on any atom is 0.416 e. The fourth-order valence-electron chi connectivity index (χ4n) is 3.82. The van der Waals surface area contributed by atoms with Crippen LogP contribution in [-0.2, 0) is 6.18 Å². The van der Waals surface area contributed by atoms with Gasteiger partial charge in [0.2, 0.25) is 0 Å². The Labute approximate surface area is 185 Å². The van der Waals surface area contributed by atoms with Crippen LogP contribution >= 0.6 is 23.2 Å². The molecular formula is C24H13Cl2F3N2. The fourth-order valence-corrected chi connectivity index (χ4v) is 4.17. The topological polar surface area (TPSA) is 28.1 Å². The van der Waals surface area contributed by atoms with Crippen LogP contribution in [0.5, 0.6) is 0 Å². The zero-order chi connectivity index (χ0) is 21.8. The SMILES string of the molecule is FC(F)(F)c1ccc(/C(=C2/C=Nc3ccc(Cl)cc32)c2c[nH]c3ccc(Cl)cc23)cc1. The number of H-pyrrole nitrogens is 1. The molecule has 5 rings (SSSR count). The lowest BCUT2D eigenvalue weighted by Crippen LogP contribution is -2.04. The summed E-state index contributed by atoms with van der Waals surface area (Å²) in [5.41, 5.74) is 4.69. The number of hydrogen-bond donors (Lipinski definition) is 1. The van der Waals surface area contributed by atoms with E-state index >= 15 is 0 Å². The number of aliphatic imine (C=N–C) groups is 1. The van der Waals surface area contributed by atoms with Crippen LogP contribution in [0.4, 0.5) is 18.9 Å². The number of fused-ring (bicyclic) bond motifs is 2. The Bertz CT molecular complexity index is 1380. The Balaban J connectivity index is 1.80. The van der Waals surface area contributed by atoms with Gasteiger partial charge in [-0.1, -0.05) is 35.3 Å². The van der Waals surface area contributed by atoms with Gasteiger partial charge in [-0.05, 0) is 54.1 Å². The van der Waals surface area contributed by atoms with E-state index in [1.54, 1.807) is 18.3 Å². The first-order valence-electron chi connectivity index (χ1n) is 9.34. The van der Waals surface area contributed by atoms with Crippen molar-refractivity contribution in [3.05, 3.63) is 99.2 Å². The highest BCUT2D eigenvalue weighted by molar-refractivity contribution is 6.33. The van der Waals surface area contributed by atoms with E-state index in [0.717, 1.165) is 51.0 Å². The normalized spacial score (nSPS) is 14.9. The van der Waals surface area contributed by atoms with Crippen LogP contribution in [0.25, 0.3) is 22.0 Å². The molecule has 0 fully saturated rings. The maximum atomic E-state index is 13.1. The van der Waals surface area contributed by atoms with Crippen molar-refractivity contribution >= 4 is 57.2 Å². The minimum atomic E-state index is -4.41. The van der Waals surface area contributed by atoms with Crippen LogP contribution in [-0.4, -0.2) is 11.2 Å². The number of nitrogens with one attached hydrogen (secondary N) is 1. The third-order valence-electron chi connectivity index (χ3n) is 5.26. The summed E-state index contributed by atoms with van der Waals surface area (Å²) >= 11 is 12.5. The van der Waals surface area contributed by atoms with Gasteiger partial charge in [-0.15, -0.1) is 0 Å². The molecule has 154 valence electrons. The van der Waals surface area contributed by atoms with Crippen LogP contribution in [0, 0.1) is 0 Å². The van der Waals surface area contributed by atoms with Crippen LogP contribution in [0.15, 0.2) is 71.9 Å². The number of aromatic amines is 1. The minimum absolute atomic E-state index is 0.551. The molecule has 2 nitrogen and oxygen atoms in total. The summed E-state index contributed by atoms with van der Waals surface area (Å²) in [4.78, 5) is 7.69. The van der Waals surface area contributed by atoms with Gasteiger partial charge in [0.15, 0.2) is 0 Å². The number of benzene rings is 3. The molecule has 0 spiro atoms. The van der Waals surface area contributed by atoms with Crippen LogP contribution in [0.1, 0.15) is 22.3 Å². The van der Waals surface area contributed by atoms with E-state index < -0.39 is 11.7 Å². The highest BCUT2D eigenvalue weighted by Gasteiger charge is 2.30. The lowest BCUT2D eigenvalue weighted by molar-refractivity contribution is -0.137. The molecule has 4 aromatic rings. The predicted molar refractivity (Wildman–Crippen MR) is 120 cm³/mol. The van der Waals surface area contributed by atoms with Crippen molar-refractivity contribution in [2.24, 2.45) is 4.99 Å². The number of rotatable bonds is 2. The lowest BCUT2D eigenvalue weighted by Gasteiger charge is -2.14. The van der Waals surface area contributed by atoms with E-state index in [1.807, 2.05) is 30.5 Å². The van der Waals surface area contributed by atoms with Gasteiger partial charge in [-0.25, -0.2) is 0 Å². The second-order valence-electron chi connectivity index (χ2n) is 7.18. The van der Waals surface area contributed by atoms with Crippen molar-refractivity contribution < 1.29 is 13.2 Å². The molecular weight excluding hydrogens is 444 g/mol. The van der Waals surface area contributed by atoms with Gasteiger partial charge in [0, 0.05) is 55.6 Å². The van der Waals surface area contributed by atoms with E-state index in [-0.39, 0.29) is 0 Å². The molecule has 1 aliphatic rings. The molecule has 3 aromatic carbocycles. The zero-order valence-electron chi connectivity index (χ0n) is 15.8. The Morgan fingerprint density at radius 3 is 2.32 bits per heavy atom. The van der Waals surface area contributed by atoms with Crippen molar-refractivity contribution in [1.82, 2.24) is 4.98 Å². The fraction of sp³-hybridized carbons (Fsp3) is 0.0417. The summed E-state index contributed by atoms with van der Waals surface area (Å²) in [5.74, 6) is 0. The average Bonchev–Trinajstić information content (AvgIpc) is 3.33. The summed E-state index contributed by atoms with van der Waals surface area (Å²) in [7, 11) is 0. The molecule has 0 radical (unpaired) electrons. The number of allylic oxidation sites excluding steroid dienone is 1. The molecule has 0 saturated carbocycles. The van der Waals surface area contributed by atoms with Crippen molar-refractivity contribution in [2.75, 3.05) is 0 Å². The highest BCUT2D eigenvalue weighted by atomic mass is 35.5. The van der Waals surface area contributed by atoms with Gasteiger partial charge in [-0.3, -0.25) is 4.99 Å². The molecule has 1 aliphatic heterocycles. The third kappa shape index (κ3) is 3.54. The number of alkyl halides is 3. The van der Waals surface area contributed by atoms with Crippen molar-refractivity contribution in [2.45, 2.75) is 6.18 Å². The van der Waals surface area contributed by atoms with E-state index in [4.69, 9.17) is 23.2 Å². The molecule has 0 aliphatic carbocycles. The lowest BCUT2D eigenvalue weighted by atomic mass is 9.89. The summed E-state index contributed by atoms with van der Waals surface area (Å²) in [5, 5.41) is 1.97. The minimum Gasteiger partial charge on any atom is -0.361 e. The standard InChI is InChI=1S/C24H13Cl2F3N2/c25-15-5-7-21-17(9-15)19(11-30-21)23(13-1-3-14(4-2-13)24(27,28)29)20-12-31-22-8-6-16(26)10-18(20)22/h1-12,30H/b23-20+. The van der Waals surface area contributed by atoms with Gasteiger partial charge in [0.25, 0.3) is 0 Å². The zero-order valence-corrected chi connectivity index (χ0v) is 17.3. The molecule has 7 heteroatoms. The van der Waals surface area contributed by atoms with E-state index in [0.29, 0.717) is 15.6 Å². The first-order chi connectivity index (χ1) is 14.8. The van der Waals surface area contributed by atoms with E-state index in [1.165, 1.54) is 12.1 Å². The molecule has 0 unspecified atom stereocenters. The second-order valence-corrected chi connectivity index (χ2v) is 8.05. The second kappa shape index (κ2) is 7.29. The number of halogens is 5.